The minimum absolute atomic E-state index is 0.196. The van der Waals surface area contributed by atoms with Crippen LogP contribution in [0.25, 0.3) is 0 Å². The van der Waals surface area contributed by atoms with Gasteiger partial charge in [-0.2, -0.15) is 0 Å². The van der Waals surface area contributed by atoms with Crippen molar-refractivity contribution in [3.8, 4) is 11.5 Å². The molecular formula is C21H28FN3O3. The van der Waals surface area contributed by atoms with Gasteiger partial charge in [0.25, 0.3) is 0 Å². The van der Waals surface area contributed by atoms with E-state index in [0.717, 1.165) is 5.56 Å². The first-order chi connectivity index (χ1) is 13.5. The monoisotopic (exact) mass is 389 g/mol. The summed E-state index contributed by atoms with van der Waals surface area (Å²) in [6.07, 6.45) is -0.944. The molecule has 0 heterocycles. The molecule has 28 heavy (non-hydrogen) atoms. The lowest BCUT2D eigenvalue weighted by molar-refractivity contribution is 0.186. The number of rotatable bonds is 9. The zero-order chi connectivity index (χ0) is 20.4. The first-order valence-electron chi connectivity index (χ1n) is 9.28. The SMILES string of the molecule is CCNC(=NCC(O)c1cccc(OC)c1)NCC(C)Oc1cccc(F)c1. The number of methoxy groups -OCH3 is 1. The molecule has 0 aromatic heterocycles. The average molecular weight is 389 g/mol. The van der Waals surface area contributed by atoms with Crippen LogP contribution in [0.1, 0.15) is 25.5 Å². The minimum Gasteiger partial charge on any atom is -0.497 e. The highest BCUT2D eigenvalue weighted by Gasteiger charge is 2.10. The van der Waals surface area contributed by atoms with Gasteiger partial charge in [-0.05, 0) is 43.7 Å². The Kier molecular flexibility index (Phi) is 8.55. The third-order valence-electron chi connectivity index (χ3n) is 3.94. The van der Waals surface area contributed by atoms with Gasteiger partial charge in [0.1, 0.15) is 23.4 Å². The number of aliphatic hydroxyl groups excluding tert-OH is 1. The van der Waals surface area contributed by atoms with Crippen LogP contribution in [0.15, 0.2) is 53.5 Å². The molecule has 6 nitrogen and oxygen atoms in total. The van der Waals surface area contributed by atoms with Crippen LogP contribution in [0, 0.1) is 5.82 Å². The van der Waals surface area contributed by atoms with E-state index in [4.69, 9.17) is 9.47 Å². The highest BCUT2D eigenvalue weighted by molar-refractivity contribution is 5.79. The lowest BCUT2D eigenvalue weighted by Crippen LogP contribution is -2.42. The largest absolute Gasteiger partial charge is 0.497 e. The van der Waals surface area contributed by atoms with Crippen LogP contribution in [0.3, 0.4) is 0 Å². The van der Waals surface area contributed by atoms with Gasteiger partial charge in [-0.15, -0.1) is 0 Å². The Bertz CT molecular complexity index is 770. The molecule has 2 unspecified atom stereocenters. The fourth-order valence-electron chi connectivity index (χ4n) is 2.53. The Morgan fingerprint density at radius 2 is 1.89 bits per heavy atom. The molecule has 0 aliphatic heterocycles. The minimum atomic E-state index is -0.744. The number of nitrogens with zero attached hydrogens (tertiary/aromatic N) is 1. The maximum Gasteiger partial charge on any atom is 0.191 e. The van der Waals surface area contributed by atoms with Crippen LogP contribution in [-0.2, 0) is 0 Å². The summed E-state index contributed by atoms with van der Waals surface area (Å²) in [7, 11) is 1.59. The number of aliphatic hydroxyl groups is 1. The Morgan fingerprint density at radius 1 is 1.14 bits per heavy atom. The van der Waals surface area contributed by atoms with Gasteiger partial charge in [0.2, 0.25) is 0 Å². The van der Waals surface area contributed by atoms with Crippen LogP contribution >= 0.6 is 0 Å². The molecule has 2 aromatic carbocycles. The standard InChI is InChI=1S/C21H28FN3O3/c1-4-23-21(24-13-15(2)28-19-10-6-8-17(22)12-19)25-14-20(26)16-7-5-9-18(11-16)27-3/h5-12,15,20,26H,4,13-14H2,1-3H3,(H2,23,24,25). The van der Waals surface area contributed by atoms with Crippen molar-refractivity contribution < 1.29 is 19.0 Å². The number of aliphatic imine (C=N–C) groups is 1. The third kappa shape index (κ3) is 7.08. The highest BCUT2D eigenvalue weighted by atomic mass is 19.1. The second-order valence-corrected chi connectivity index (χ2v) is 6.28. The zero-order valence-corrected chi connectivity index (χ0v) is 16.5. The predicted molar refractivity (Wildman–Crippen MR) is 108 cm³/mol. The van der Waals surface area contributed by atoms with Crippen molar-refractivity contribution in [2.75, 3.05) is 26.7 Å². The fraction of sp³-hybridized carbons (Fsp3) is 0.381. The van der Waals surface area contributed by atoms with E-state index < -0.39 is 6.10 Å². The van der Waals surface area contributed by atoms with Crippen LogP contribution in [-0.4, -0.2) is 43.9 Å². The normalized spacial score (nSPS) is 13.5. The van der Waals surface area contributed by atoms with Gasteiger partial charge in [-0.3, -0.25) is 4.99 Å². The summed E-state index contributed by atoms with van der Waals surface area (Å²) >= 11 is 0. The van der Waals surface area contributed by atoms with Crippen LogP contribution in [0.2, 0.25) is 0 Å². The summed E-state index contributed by atoms with van der Waals surface area (Å²) in [6, 6.07) is 13.3. The number of ether oxygens (including phenoxy) is 2. The lowest BCUT2D eigenvalue weighted by atomic mass is 10.1. The van der Waals surface area contributed by atoms with E-state index in [0.29, 0.717) is 30.5 Å². The molecule has 0 bridgehead atoms. The Labute approximate surface area is 165 Å². The molecule has 0 saturated heterocycles. The average Bonchev–Trinajstić information content (AvgIpc) is 2.70. The molecule has 2 atom stereocenters. The molecule has 0 amide bonds. The molecule has 2 rings (SSSR count). The van der Waals surface area contributed by atoms with Crippen molar-refractivity contribution in [1.29, 1.82) is 0 Å². The molecular weight excluding hydrogens is 361 g/mol. The van der Waals surface area contributed by atoms with Crippen molar-refractivity contribution >= 4 is 5.96 Å². The number of benzene rings is 2. The van der Waals surface area contributed by atoms with Gasteiger partial charge < -0.3 is 25.2 Å². The van der Waals surface area contributed by atoms with Crippen molar-refractivity contribution in [1.82, 2.24) is 10.6 Å². The van der Waals surface area contributed by atoms with Crippen LogP contribution < -0.4 is 20.1 Å². The van der Waals surface area contributed by atoms with Crippen LogP contribution in [0.5, 0.6) is 11.5 Å². The maximum atomic E-state index is 13.2. The van der Waals surface area contributed by atoms with Gasteiger partial charge in [0, 0.05) is 12.6 Å². The van der Waals surface area contributed by atoms with Gasteiger partial charge in [-0.25, -0.2) is 4.39 Å². The van der Waals surface area contributed by atoms with E-state index in [2.05, 4.69) is 15.6 Å². The predicted octanol–water partition coefficient (Wildman–Crippen LogP) is 2.89. The smallest absolute Gasteiger partial charge is 0.191 e. The quantitative estimate of drug-likeness (QED) is 0.454. The third-order valence-corrected chi connectivity index (χ3v) is 3.94. The number of halogens is 1. The van der Waals surface area contributed by atoms with E-state index in [1.165, 1.54) is 12.1 Å². The van der Waals surface area contributed by atoms with Crippen molar-refractivity contribution in [2.24, 2.45) is 4.99 Å². The van der Waals surface area contributed by atoms with Crippen LogP contribution in [0.4, 0.5) is 4.39 Å². The lowest BCUT2D eigenvalue weighted by Gasteiger charge is -2.18. The Balaban J connectivity index is 1.90. The first kappa shape index (κ1) is 21.5. The molecule has 0 radical (unpaired) electrons. The van der Waals surface area contributed by atoms with Crippen molar-refractivity contribution in [2.45, 2.75) is 26.1 Å². The first-order valence-corrected chi connectivity index (χ1v) is 9.28. The molecule has 3 N–H and O–H groups in total. The Morgan fingerprint density at radius 3 is 2.61 bits per heavy atom. The number of hydrogen-bond donors (Lipinski definition) is 3. The number of nitrogens with one attached hydrogen (secondary N) is 2. The highest BCUT2D eigenvalue weighted by Crippen LogP contribution is 2.19. The molecule has 0 aliphatic rings. The molecule has 0 aliphatic carbocycles. The van der Waals surface area contributed by atoms with E-state index in [1.54, 1.807) is 25.3 Å². The van der Waals surface area contributed by atoms with E-state index in [9.17, 15) is 9.50 Å². The van der Waals surface area contributed by atoms with Gasteiger partial charge >= 0.3 is 0 Å². The molecule has 0 spiro atoms. The molecule has 0 fully saturated rings. The summed E-state index contributed by atoms with van der Waals surface area (Å²) < 4.78 is 24.1. The van der Waals surface area contributed by atoms with Crippen molar-refractivity contribution in [3.63, 3.8) is 0 Å². The van der Waals surface area contributed by atoms with E-state index >= 15 is 0 Å². The molecule has 152 valence electrons. The second-order valence-electron chi connectivity index (χ2n) is 6.28. The topological polar surface area (TPSA) is 75.1 Å². The number of hydrogen-bond acceptors (Lipinski definition) is 4. The summed E-state index contributed by atoms with van der Waals surface area (Å²) in [5, 5.41) is 16.7. The fourth-order valence-corrected chi connectivity index (χ4v) is 2.53. The molecule has 0 saturated carbocycles. The summed E-state index contributed by atoms with van der Waals surface area (Å²) in [5.41, 5.74) is 0.738. The maximum absolute atomic E-state index is 13.2. The number of guanidine groups is 1. The van der Waals surface area contributed by atoms with Gasteiger partial charge in [0.15, 0.2) is 5.96 Å². The second kappa shape index (κ2) is 11.1. The van der Waals surface area contributed by atoms with Gasteiger partial charge in [-0.1, -0.05) is 18.2 Å². The van der Waals surface area contributed by atoms with E-state index in [-0.39, 0.29) is 18.5 Å². The molecule has 7 heteroatoms. The van der Waals surface area contributed by atoms with Crippen molar-refractivity contribution in [3.05, 3.63) is 59.9 Å². The summed E-state index contributed by atoms with van der Waals surface area (Å²) in [4.78, 5) is 4.43. The van der Waals surface area contributed by atoms with Gasteiger partial charge in [0.05, 0.1) is 26.3 Å². The zero-order valence-electron chi connectivity index (χ0n) is 16.5. The summed E-state index contributed by atoms with van der Waals surface area (Å²) in [6.45, 7) is 5.19. The Hall–Kier alpha value is -2.80. The van der Waals surface area contributed by atoms with E-state index in [1.807, 2.05) is 32.0 Å². The summed E-state index contributed by atoms with van der Waals surface area (Å²) in [5.74, 6) is 1.40. The molecule has 2 aromatic rings.